The summed E-state index contributed by atoms with van der Waals surface area (Å²) in [5, 5.41) is 6.38. The van der Waals surface area contributed by atoms with Gasteiger partial charge >= 0.3 is 0 Å². The molecule has 1 unspecified atom stereocenters. The highest BCUT2D eigenvalue weighted by atomic mass is 32.1. The number of benzene rings is 2. The summed E-state index contributed by atoms with van der Waals surface area (Å²) in [6.45, 7) is 3.99. The molecule has 0 spiro atoms. The number of carbonyl (C=O) groups is 2. The SMILES string of the molecule is Cc1ccc(NC(=O)C2CCc3sc(NC(=O)c4ccc(C)cc4)nc32)cc1. The van der Waals surface area contributed by atoms with Crippen molar-refractivity contribution >= 4 is 34.0 Å². The molecule has 2 aromatic carbocycles. The fourth-order valence-electron chi connectivity index (χ4n) is 3.28. The molecule has 6 heteroatoms. The smallest absolute Gasteiger partial charge is 0.257 e. The van der Waals surface area contributed by atoms with Crippen LogP contribution < -0.4 is 10.6 Å². The van der Waals surface area contributed by atoms with Crippen molar-refractivity contribution < 1.29 is 9.59 Å². The molecule has 1 aliphatic carbocycles. The standard InChI is InChI=1S/C22H21N3O2S/c1-13-3-7-15(8-4-13)20(26)25-22-24-19-17(11-12-18(19)28-22)21(27)23-16-9-5-14(2)6-10-16/h3-10,17H,11-12H2,1-2H3,(H,23,27)(H,24,25,26). The van der Waals surface area contributed by atoms with Crippen LogP contribution in [0, 0.1) is 13.8 Å². The van der Waals surface area contributed by atoms with Crippen molar-refractivity contribution in [1.82, 2.24) is 4.98 Å². The molecule has 0 saturated carbocycles. The van der Waals surface area contributed by atoms with E-state index < -0.39 is 0 Å². The van der Waals surface area contributed by atoms with Crippen LogP contribution in [-0.2, 0) is 11.2 Å². The van der Waals surface area contributed by atoms with Gasteiger partial charge in [-0.1, -0.05) is 35.4 Å². The zero-order valence-corrected chi connectivity index (χ0v) is 16.6. The van der Waals surface area contributed by atoms with Gasteiger partial charge in [0.25, 0.3) is 5.91 Å². The van der Waals surface area contributed by atoms with E-state index in [0.29, 0.717) is 10.7 Å². The number of aryl methyl sites for hydroxylation is 3. The molecule has 142 valence electrons. The maximum atomic E-state index is 12.7. The number of rotatable bonds is 4. The molecule has 0 radical (unpaired) electrons. The summed E-state index contributed by atoms with van der Waals surface area (Å²) in [6, 6.07) is 15.1. The van der Waals surface area contributed by atoms with Gasteiger partial charge in [-0.15, -0.1) is 11.3 Å². The second-order valence-corrected chi connectivity index (χ2v) is 8.18. The number of thiazole rings is 1. The zero-order chi connectivity index (χ0) is 19.7. The van der Waals surface area contributed by atoms with Crippen LogP contribution in [0.1, 0.15) is 44.4 Å². The number of nitrogens with one attached hydrogen (secondary N) is 2. The van der Waals surface area contributed by atoms with Gasteiger partial charge in [0.1, 0.15) is 0 Å². The average Bonchev–Trinajstić information content (AvgIpc) is 3.24. The maximum absolute atomic E-state index is 12.7. The Balaban J connectivity index is 1.46. The number of fused-ring (bicyclic) bond motifs is 1. The lowest BCUT2D eigenvalue weighted by Gasteiger charge is -2.11. The number of anilines is 2. The first-order valence-electron chi connectivity index (χ1n) is 9.25. The Morgan fingerprint density at radius 1 is 0.964 bits per heavy atom. The molecular formula is C22H21N3O2S. The molecule has 0 saturated heterocycles. The molecule has 1 heterocycles. The number of carbonyl (C=O) groups excluding carboxylic acids is 2. The van der Waals surface area contributed by atoms with Crippen LogP contribution in [0.2, 0.25) is 0 Å². The van der Waals surface area contributed by atoms with E-state index in [1.54, 1.807) is 12.1 Å². The minimum atomic E-state index is -0.280. The lowest BCUT2D eigenvalue weighted by Crippen LogP contribution is -2.20. The molecule has 2 amide bonds. The first-order chi connectivity index (χ1) is 13.5. The normalized spacial score (nSPS) is 15.1. The molecule has 0 fully saturated rings. The van der Waals surface area contributed by atoms with Crippen LogP contribution in [-0.4, -0.2) is 16.8 Å². The third-order valence-corrected chi connectivity index (χ3v) is 5.93. The third kappa shape index (κ3) is 3.82. The van der Waals surface area contributed by atoms with Crippen LogP contribution in [0.5, 0.6) is 0 Å². The number of amides is 2. The topological polar surface area (TPSA) is 71.1 Å². The largest absolute Gasteiger partial charge is 0.326 e. The molecule has 28 heavy (non-hydrogen) atoms. The van der Waals surface area contributed by atoms with Crippen LogP contribution in [0.3, 0.4) is 0 Å². The van der Waals surface area contributed by atoms with Gasteiger partial charge in [0.05, 0.1) is 11.6 Å². The summed E-state index contributed by atoms with van der Waals surface area (Å²) < 4.78 is 0. The molecule has 1 aliphatic rings. The molecule has 3 aromatic rings. The Labute approximate surface area is 167 Å². The van der Waals surface area contributed by atoms with Crippen molar-refractivity contribution in [1.29, 1.82) is 0 Å². The third-order valence-electron chi connectivity index (χ3n) is 4.89. The minimum Gasteiger partial charge on any atom is -0.326 e. The van der Waals surface area contributed by atoms with E-state index >= 15 is 0 Å². The summed E-state index contributed by atoms with van der Waals surface area (Å²) >= 11 is 1.45. The van der Waals surface area contributed by atoms with E-state index in [0.717, 1.165) is 40.2 Å². The Morgan fingerprint density at radius 3 is 2.29 bits per heavy atom. The summed E-state index contributed by atoms with van der Waals surface area (Å²) in [7, 11) is 0. The first-order valence-corrected chi connectivity index (χ1v) is 10.1. The lowest BCUT2D eigenvalue weighted by molar-refractivity contribution is -0.117. The predicted octanol–water partition coefficient (Wildman–Crippen LogP) is 4.68. The van der Waals surface area contributed by atoms with E-state index in [1.807, 2.05) is 50.2 Å². The Kier molecular flexibility index (Phi) is 4.96. The Hall–Kier alpha value is -2.99. The van der Waals surface area contributed by atoms with Crippen LogP contribution in [0.15, 0.2) is 48.5 Å². The highest BCUT2D eigenvalue weighted by molar-refractivity contribution is 7.16. The second-order valence-electron chi connectivity index (χ2n) is 7.09. The van der Waals surface area contributed by atoms with Crippen molar-refractivity contribution in [3.63, 3.8) is 0 Å². The number of aromatic nitrogens is 1. The van der Waals surface area contributed by atoms with Gasteiger partial charge in [0.2, 0.25) is 5.91 Å². The van der Waals surface area contributed by atoms with Gasteiger partial charge in [-0.3, -0.25) is 14.9 Å². The van der Waals surface area contributed by atoms with E-state index in [-0.39, 0.29) is 17.7 Å². The van der Waals surface area contributed by atoms with Gasteiger partial charge in [-0.25, -0.2) is 4.98 Å². The van der Waals surface area contributed by atoms with Crippen molar-refractivity contribution in [3.05, 3.63) is 75.8 Å². The number of hydrogen-bond acceptors (Lipinski definition) is 4. The fourth-order valence-corrected chi connectivity index (χ4v) is 4.31. The summed E-state index contributed by atoms with van der Waals surface area (Å²) in [4.78, 5) is 30.8. The van der Waals surface area contributed by atoms with E-state index in [1.165, 1.54) is 11.3 Å². The Bertz CT molecular complexity index is 1020. The Morgan fingerprint density at radius 2 is 1.61 bits per heavy atom. The average molecular weight is 391 g/mol. The van der Waals surface area contributed by atoms with Gasteiger partial charge in [0.15, 0.2) is 5.13 Å². The zero-order valence-electron chi connectivity index (χ0n) is 15.8. The highest BCUT2D eigenvalue weighted by Gasteiger charge is 2.33. The van der Waals surface area contributed by atoms with E-state index in [9.17, 15) is 9.59 Å². The highest BCUT2D eigenvalue weighted by Crippen LogP contribution is 2.39. The van der Waals surface area contributed by atoms with Crippen molar-refractivity contribution in [2.75, 3.05) is 10.6 Å². The molecule has 5 nitrogen and oxygen atoms in total. The van der Waals surface area contributed by atoms with Crippen LogP contribution >= 0.6 is 11.3 Å². The van der Waals surface area contributed by atoms with Crippen LogP contribution in [0.25, 0.3) is 0 Å². The van der Waals surface area contributed by atoms with E-state index in [2.05, 4.69) is 15.6 Å². The van der Waals surface area contributed by atoms with Crippen molar-refractivity contribution in [3.8, 4) is 0 Å². The van der Waals surface area contributed by atoms with Gasteiger partial charge in [0, 0.05) is 16.1 Å². The lowest BCUT2D eigenvalue weighted by atomic mass is 10.1. The summed E-state index contributed by atoms with van der Waals surface area (Å²) in [6.07, 6.45) is 1.55. The maximum Gasteiger partial charge on any atom is 0.257 e. The number of nitrogens with zero attached hydrogens (tertiary/aromatic N) is 1. The second kappa shape index (κ2) is 7.56. The monoisotopic (exact) mass is 391 g/mol. The summed E-state index contributed by atoms with van der Waals surface area (Å²) in [5.74, 6) is -0.519. The quantitative estimate of drug-likeness (QED) is 0.678. The van der Waals surface area contributed by atoms with Gasteiger partial charge in [-0.05, 0) is 51.0 Å². The molecule has 0 bridgehead atoms. The predicted molar refractivity (Wildman–Crippen MR) is 112 cm³/mol. The molecule has 4 rings (SSSR count). The molecule has 2 N–H and O–H groups in total. The molecule has 1 aromatic heterocycles. The first kappa shape index (κ1) is 18.4. The molecule has 1 atom stereocenters. The summed E-state index contributed by atoms with van der Waals surface area (Å²) in [5.41, 5.74) is 4.41. The van der Waals surface area contributed by atoms with Gasteiger partial charge in [-0.2, -0.15) is 0 Å². The fraction of sp³-hybridized carbons (Fsp3) is 0.227. The molecule has 0 aliphatic heterocycles. The minimum absolute atomic E-state index is 0.0516. The number of hydrogen-bond donors (Lipinski definition) is 2. The van der Waals surface area contributed by atoms with Crippen molar-refractivity contribution in [2.24, 2.45) is 0 Å². The molecular weight excluding hydrogens is 370 g/mol. The van der Waals surface area contributed by atoms with Crippen LogP contribution in [0.4, 0.5) is 10.8 Å². The van der Waals surface area contributed by atoms with E-state index in [4.69, 9.17) is 0 Å². The van der Waals surface area contributed by atoms with Crippen molar-refractivity contribution in [2.45, 2.75) is 32.6 Å². The van der Waals surface area contributed by atoms with Gasteiger partial charge < -0.3 is 5.32 Å².